The van der Waals surface area contributed by atoms with E-state index in [9.17, 15) is 14.4 Å². The van der Waals surface area contributed by atoms with Gasteiger partial charge in [0, 0.05) is 13.1 Å². The minimum Gasteiger partial charge on any atom is -0.480 e. The van der Waals surface area contributed by atoms with Gasteiger partial charge in [-0.1, -0.05) is 11.6 Å². The third-order valence-electron chi connectivity index (χ3n) is 2.72. The number of nitrogens with one attached hydrogen (secondary N) is 1. The molecular weight excluding hydrogens is 238 g/mol. The van der Waals surface area contributed by atoms with Crippen molar-refractivity contribution in [2.75, 3.05) is 13.1 Å². The molecule has 1 heterocycles. The van der Waals surface area contributed by atoms with Crippen molar-refractivity contribution in [1.29, 1.82) is 0 Å². The molecule has 7 nitrogen and oxygen atoms in total. The normalized spacial score (nSPS) is 16.7. The molecule has 0 fully saturated rings. The summed E-state index contributed by atoms with van der Waals surface area (Å²) in [6, 6.07) is -1.77. The fraction of sp³-hybridized carbons (Fsp3) is 0.545. The van der Waals surface area contributed by atoms with Crippen LogP contribution in [0.15, 0.2) is 11.6 Å². The van der Waals surface area contributed by atoms with Crippen molar-refractivity contribution in [2.24, 2.45) is 5.73 Å². The van der Waals surface area contributed by atoms with E-state index in [4.69, 9.17) is 10.8 Å². The Labute approximate surface area is 105 Å². The van der Waals surface area contributed by atoms with E-state index in [1.807, 2.05) is 13.0 Å². The highest BCUT2D eigenvalue weighted by molar-refractivity contribution is 5.87. The quantitative estimate of drug-likeness (QED) is 0.597. The van der Waals surface area contributed by atoms with Gasteiger partial charge in [0.1, 0.15) is 6.04 Å². The average molecular weight is 255 g/mol. The highest BCUT2D eigenvalue weighted by Crippen LogP contribution is 2.09. The number of carboxylic acids is 1. The van der Waals surface area contributed by atoms with Crippen LogP contribution in [-0.4, -0.2) is 47.0 Å². The van der Waals surface area contributed by atoms with Gasteiger partial charge in [0.15, 0.2) is 0 Å². The minimum absolute atomic E-state index is 0.413. The number of hydrogen-bond acceptors (Lipinski definition) is 3. The number of nitrogens with zero attached hydrogens (tertiary/aromatic N) is 1. The number of aliphatic carboxylic acids is 1. The average Bonchev–Trinajstić information content (AvgIpc) is 2.28. The van der Waals surface area contributed by atoms with Gasteiger partial charge in [0.05, 0.1) is 6.42 Å². The van der Waals surface area contributed by atoms with Crippen LogP contribution in [0.5, 0.6) is 0 Å². The van der Waals surface area contributed by atoms with Crippen LogP contribution >= 0.6 is 0 Å². The SMILES string of the molecule is CC1=CCN(C(=O)N[C@@H](CC(N)=O)C(=O)O)CC1. The third-order valence-corrected chi connectivity index (χ3v) is 2.72. The topological polar surface area (TPSA) is 113 Å². The van der Waals surface area contributed by atoms with Gasteiger partial charge in [0.25, 0.3) is 0 Å². The van der Waals surface area contributed by atoms with Crippen LogP contribution in [0.3, 0.4) is 0 Å². The molecule has 0 aromatic rings. The van der Waals surface area contributed by atoms with Crippen LogP contribution in [0.25, 0.3) is 0 Å². The second-order valence-electron chi connectivity index (χ2n) is 4.26. The smallest absolute Gasteiger partial charge is 0.326 e. The molecule has 4 N–H and O–H groups in total. The molecule has 0 saturated carbocycles. The fourth-order valence-corrected chi connectivity index (χ4v) is 1.60. The van der Waals surface area contributed by atoms with E-state index in [1.165, 1.54) is 10.5 Å². The highest BCUT2D eigenvalue weighted by atomic mass is 16.4. The number of hydrogen-bond donors (Lipinski definition) is 3. The Kier molecular flexibility index (Phi) is 4.70. The van der Waals surface area contributed by atoms with Crippen molar-refractivity contribution >= 4 is 17.9 Å². The number of carbonyl (C=O) groups excluding carboxylic acids is 2. The van der Waals surface area contributed by atoms with E-state index < -0.39 is 30.4 Å². The summed E-state index contributed by atoms with van der Waals surface area (Å²) < 4.78 is 0. The fourth-order valence-electron chi connectivity index (χ4n) is 1.60. The zero-order valence-electron chi connectivity index (χ0n) is 10.2. The highest BCUT2D eigenvalue weighted by Gasteiger charge is 2.25. The van der Waals surface area contributed by atoms with Crippen LogP contribution in [0.1, 0.15) is 19.8 Å². The Balaban J connectivity index is 2.56. The van der Waals surface area contributed by atoms with Crippen molar-refractivity contribution in [2.45, 2.75) is 25.8 Å². The standard InChI is InChI=1S/C11H17N3O4/c1-7-2-4-14(5-3-7)11(18)13-8(10(16)17)6-9(12)15/h2,8H,3-6H2,1H3,(H2,12,15)(H,13,18)(H,16,17)/t8-/m0/s1. The number of rotatable bonds is 4. The van der Waals surface area contributed by atoms with E-state index in [0.717, 1.165) is 6.42 Å². The van der Waals surface area contributed by atoms with E-state index in [1.54, 1.807) is 0 Å². The number of nitrogens with two attached hydrogens (primary N) is 1. The molecule has 0 radical (unpaired) electrons. The minimum atomic E-state index is -1.28. The molecule has 1 aliphatic rings. The first-order valence-electron chi connectivity index (χ1n) is 5.62. The molecule has 0 aromatic heterocycles. The van der Waals surface area contributed by atoms with Gasteiger partial charge in [0.2, 0.25) is 5.91 Å². The first-order chi connectivity index (χ1) is 8.40. The third kappa shape index (κ3) is 4.08. The van der Waals surface area contributed by atoms with Crippen molar-refractivity contribution in [3.05, 3.63) is 11.6 Å². The summed E-state index contributed by atoms with van der Waals surface area (Å²) in [4.78, 5) is 34.8. The number of amides is 3. The predicted molar refractivity (Wildman–Crippen MR) is 63.7 cm³/mol. The molecular formula is C11H17N3O4. The van der Waals surface area contributed by atoms with Crippen molar-refractivity contribution in [1.82, 2.24) is 10.2 Å². The van der Waals surface area contributed by atoms with Crippen molar-refractivity contribution in [3.8, 4) is 0 Å². The molecule has 100 valence electrons. The molecule has 1 atom stereocenters. The molecule has 0 spiro atoms. The monoisotopic (exact) mass is 255 g/mol. The van der Waals surface area contributed by atoms with Crippen LogP contribution in [0.4, 0.5) is 4.79 Å². The zero-order valence-corrected chi connectivity index (χ0v) is 10.2. The number of primary amides is 1. The lowest BCUT2D eigenvalue weighted by Crippen LogP contribution is -2.50. The maximum absolute atomic E-state index is 11.8. The van der Waals surface area contributed by atoms with Gasteiger partial charge < -0.3 is 21.1 Å². The van der Waals surface area contributed by atoms with Gasteiger partial charge in [-0.15, -0.1) is 0 Å². The van der Waals surface area contributed by atoms with Gasteiger partial charge in [-0.05, 0) is 13.3 Å². The number of carbonyl (C=O) groups is 3. The van der Waals surface area contributed by atoms with Crippen LogP contribution in [0, 0.1) is 0 Å². The largest absolute Gasteiger partial charge is 0.480 e. The maximum atomic E-state index is 11.8. The molecule has 3 amide bonds. The Morgan fingerprint density at radius 1 is 1.56 bits per heavy atom. The first-order valence-corrected chi connectivity index (χ1v) is 5.62. The van der Waals surface area contributed by atoms with E-state index in [-0.39, 0.29) is 0 Å². The lowest BCUT2D eigenvalue weighted by atomic mass is 10.1. The molecule has 7 heteroatoms. The molecule has 0 bridgehead atoms. The summed E-state index contributed by atoms with van der Waals surface area (Å²) in [5, 5.41) is 11.1. The predicted octanol–water partition coefficient (Wildman–Crippen LogP) is -0.323. The van der Waals surface area contributed by atoms with Crippen molar-refractivity contribution < 1.29 is 19.5 Å². The lowest BCUT2D eigenvalue weighted by molar-refractivity contribution is -0.140. The van der Waals surface area contributed by atoms with Crippen LogP contribution in [-0.2, 0) is 9.59 Å². The second kappa shape index (κ2) is 6.04. The second-order valence-corrected chi connectivity index (χ2v) is 4.26. The molecule has 1 aliphatic heterocycles. The van der Waals surface area contributed by atoms with E-state index in [2.05, 4.69) is 5.32 Å². The summed E-state index contributed by atoms with van der Waals surface area (Å²) >= 11 is 0. The first kappa shape index (κ1) is 14.0. The molecule has 0 unspecified atom stereocenters. The van der Waals surface area contributed by atoms with E-state index >= 15 is 0 Å². The summed E-state index contributed by atoms with van der Waals surface area (Å²) in [6.45, 7) is 2.96. The molecule has 0 aliphatic carbocycles. The van der Waals surface area contributed by atoms with Crippen LogP contribution in [0.2, 0.25) is 0 Å². The van der Waals surface area contributed by atoms with Gasteiger partial charge in [-0.3, -0.25) is 4.79 Å². The van der Waals surface area contributed by atoms with E-state index in [0.29, 0.717) is 13.1 Å². The number of carboxylic acid groups (broad SMARTS) is 1. The van der Waals surface area contributed by atoms with Crippen LogP contribution < -0.4 is 11.1 Å². The summed E-state index contributed by atoms with van der Waals surface area (Å²) in [6.07, 6.45) is 2.26. The Morgan fingerprint density at radius 2 is 2.22 bits per heavy atom. The molecule has 0 aromatic carbocycles. The summed E-state index contributed by atoms with van der Waals surface area (Å²) in [5.74, 6) is -2.04. The Morgan fingerprint density at radius 3 is 2.67 bits per heavy atom. The van der Waals surface area contributed by atoms with Crippen molar-refractivity contribution in [3.63, 3.8) is 0 Å². The molecule has 1 rings (SSSR count). The Bertz CT molecular complexity index is 392. The molecule has 18 heavy (non-hydrogen) atoms. The Hall–Kier alpha value is -2.05. The molecule has 0 saturated heterocycles. The zero-order chi connectivity index (χ0) is 13.7. The number of urea groups is 1. The lowest BCUT2D eigenvalue weighted by Gasteiger charge is -2.27. The summed E-state index contributed by atoms with van der Waals surface area (Å²) in [5.41, 5.74) is 6.13. The van der Waals surface area contributed by atoms with Gasteiger partial charge in [-0.25, -0.2) is 9.59 Å². The van der Waals surface area contributed by atoms with Gasteiger partial charge in [-0.2, -0.15) is 0 Å². The maximum Gasteiger partial charge on any atom is 0.326 e. The van der Waals surface area contributed by atoms with Gasteiger partial charge >= 0.3 is 12.0 Å². The summed E-state index contributed by atoms with van der Waals surface area (Å²) in [7, 11) is 0.